The molecule has 1 aromatic rings. The van der Waals surface area contributed by atoms with Gasteiger partial charge in [0, 0.05) is 25.5 Å². The molecule has 0 saturated carbocycles. The number of halogens is 2. The number of hydrogen-bond acceptors (Lipinski definition) is 3. The molecular formula is C12H24Cl2N4O. The zero-order valence-corrected chi connectivity index (χ0v) is 13.0. The number of nitrogens with one attached hydrogen (secondary N) is 1. The number of nitrogens with zero attached hydrogens (tertiary/aromatic N) is 2. The van der Waals surface area contributed by atoms with Gasteiger partial charge in [0.15, 0.2) is 0 Å². The predicted molar refractivity (Wildman–Crippen MR) is 81.8 cm³/mol. The summed E-state index contributed by atoms with van der Waals surface area (Å²) >= 11 is 0. The van der Waals surface area contributed by atoms with E-state index in [9.17, 15) is 4.79 Å². The smallest absolute Gasteiger partial charge is 0.236 e. The quantitative estimate of drug-likeness (QED) is 0.803. The summed E-state index contributed by atoms with van der Waals surface area (Å²) in [6, 6.07) is -0.375. The Kier molecular flexibility index (Phi) is 12.0. The van der Waals surface area contributed by atoms with Gasteiger partial charge < -0.3 is 15.6 Å². The van der Waals surface area contributed by atoms with E-state index in [-0.39, 0.29) is 36.8 Å². The molecule has 0 spiro atoms. The van der Waals surface area contributed by atoms with Gasteiger partial charge in [0.1, 0.15) is 0 Å². The van der Waals surface area contributed by atoms with Gasteiger partial charge in [-0.3, -0.25) is 4.79 Å². The van der Waals surface area contributed by atoms with E-state index in [1.54, 1.807) is 12.5 Å². The first kappa shape index (κ1) is 20.5. The van der Waals surface area contributed by atoms with Crippen LogP contribution < -0.4 is 11.1 Å². The normalized spacial score (nSPS) is 12.8. The summed E-state index contributed by atoms with van der Waals surface area (Å²) in [7, 11) is 0. The van der Waals surface area contributed by atoms with Crippen LogP contribution in [0.15, 0.2) is 18.7 Å². The van der Waals surface area contributed by atoms with Crippen molar-refractivity contribution in [1.82, 2.24) is 14.9 Å². The largest absolute Gasteiger partial charge is 0.354 e. The highest BCUT2D eigenvalue weighted by molar-refractivity contribution is 5.85. The van der Waals surface area contributed by atoms with E-state index in [1.165, 1.54) is 0 Å². The van der Waals surface area contributed by atoms with Crippen molar-refractivity contribution in [1.29, 1.82) is 0 Å². The molecule has 2 unspecified atom stereocenters. The SMILES string of the molecule is CCCC(N)C(=O)NCC(C)Cn1ccnc1.Cl.Cl. The minimum Gasteiger partial charge on any atom is -0.354 e. The van der Waals surface area contributed by atoms with Gasteiger partial charge in [0.25, 0.3) is 0 Å². The van der Waals surface area contributed by atoms with Crippen molar-refractivity contribution in [2.45, 2.75) is 39.3 Å². The molecule has 0 aliphatic rings. The fourth-order valence-electron chi connectivity index (χ4n) is 1.67. The molecular weight excluding hydrogens is 287 g/mol. The summed E-state index contributed by atoms with van der Waals surface area (Å²) in [5.41, 5.74) is 5.72. The van der Waals surface area contributed by atoms with Crippen molar-refractivity contribution in [2.75, 3.05) is 6.54 Å². The van der Waals surface area contributed by atoms with Crippen molar-refractivity contribution in [3.8, 4) is 0 Å². The van der Waals surface area contributed by atoms with Gasteiger partial charge in [-0.25, -0.2) is 4.98 Å². The fraction of sp³-hybridized carbons (Fsp3) is 0.667. The number of rotatable bonds is 7. The highest BCUT2D eigenvalue weighted by Gasteiger charge is 2.12. The third-order valence-corrected chi connectivity index (χ3v) is 2.64. The zero-order chi connectivity index (χ0) is 12.7. The maximum Gasteiger partial charge on any atom is 0.236 e. The summed E-state index contributed by atoms with van der Waals surface area (Å²) < 4.78 is 2.00. The Balaban J connectivity index is 0. The molecule has 1 amide bonds. The number of amides is 1. The Bertz CT molecular complexity index is 332. The summed E-state index contributed by atoms with van der Waals surface area (Å²) in [5.74, 6) is 0.311. The van der Waals surface area contributed by atoms with Crippen LogP contribution in [0.1, 0.15) is 26.7 Å². The van der Waals surface area contributed by atoms with Crippen molar-refractivity contribution in [2.24, 2.45) is 11.7 Å². The first-order valence-corrected chi connectivity index (χ1v) is 6.12. The average Bonchev–Trinajstić information content (AvgIpc) is 2.79. The molecule has 1 heterocycles. The second-order valence-corrected chi connectivity index (χ2v) is 4.50. The number of carbonyl (C=O) groups excluding carboxylic acids is 1. The summed E-state index contributed by atoms with van der Waals surface area (Å²) in [5, 5.41) is 2.88. The molecule has 5 nitrogen and oxygen atoms in total. The van der Waals surface area contributed by atoms with Gasteiger partial charge in [-0.2, -0.15) is 0 Å². The Labute approximate surface area is 127 Å². The molecule has 19 heavy (non-hydrogen) atoms. The number of aromatic nitrogens is 2. The molecule has 3 N–H and O–H groups in total. The van der Waals surface area contributed by atoms with Crippen LogP contribution in [0, 0.1) is 5.92 Å². The van der Waals surface area contributed by atoms with Crippen LogP contribution in [0.5, 0.6) is 0 Å². The molecule has 0 aromatic carbocycles. The molecule has 1 rings (SSSR count). The predicted octanol–water partition coefficient (Wildman–Crippen LogP) is 1.61. The third-order valence-electron chi connectivity index (χ3n) is 2.64. The van der Waals surface area contributed by atoms with E-state index in [2.05, 4.69) is 17.2 Å². The molecule has 112 valence electrons. The maximum atomic E-state index is 11.6. The van der Waals surface area contributed by atoms with Crippen LogP contribution >= 0.6 is 24.8 Å². The van der Waals surface area contributed by atoms with Gasteiger partial charge in [-0.1, -0.05) is 20.3 Å². The van der Waals surface area contributed by atoms with E-state index in [0.717, 1.165) is 19.4 Å². The molecule has 2 atom stereocenters. The molecule has 0 fully saturated rings. The topological polar surface area (TPSA) is 72.9 Å². The zero-order valence-electron chi connectivity index (χ0n) is 11.4. The molecule has 0 bridgehead atoms. The van der Waals surface area contributed by atoms with Crippen molar-refractivity contribution < 1.29 is 4.79 Å². The lowest BCUT2D eigenvalue weighted by molar-refractivity contribution is -0.122. The average molecular weight is 311 g/mol. The first-order valence-electron chi connectivity index (χ1n) is 6.12. The molecule has 0 radical (unpaired) electrons. The molecule has 7 heteroatoms. The number of hydrogen-bond donors (Lipinski definition) is 2. The van der Waals surface area contributed by atoms with Gasteiger partial charge in [0.2, 0.25) is 5.91 Å². The van der Waals surface area contributed by atoms with Gasteiger partial charge >= 0.3 is 0 Å². The maximum absolute atomic E-state index is 11.6. The van der Waals surface area contributed by atoms with Crippen molar-refractivity contribution in [3.63, 3.8) is 0 Å². The minimum atomic E-state index is -0.375. The Hall–Kier alpha value is -0.780. The van der Waals surface area contributed by atoms with Gasteiger partial charge in [-0.05, 0) is 12.3 Å². The molecule has 1 aromatic heterocycles. The van der Waals surface area contributed by atoms with Crippen molar-refractivity contribution in [3.05, 3.63) is 18.7 Å². The van der Waals surface area contributed by atoms with Crippen LogP contribution in [0.25, 0.3) is 0 Å². The lowest BCUT2D eigenvalue weighted by Gasteiger charge is -2.15. The van der Waals surface area contributed by atoms with Gasteiger partial charge in [-0.15, -0.1) is 24.8 Å². The van der Waals surface area contributed by atoms with Crippen LogP contribution in [0.4, 0.5) is 0 Å². The van der Waals surface area contributed by atoms with E-state index in [0.29, 0.717) is 12.5 Å². The van der Waals surface area contributed by atoms with Crippen LogP contribution in [-0.4, -0.2) is 28.0 Å². The van der Waals surface area contributed by atoms with E-state index >= 15 is 0 Å². The van der Waals surface area contributed by atoms with Crippen LogP contribution in [-0.2, 0) is 11.3 Å². The highest BCUT2D eigenvalue weighted by Crippen LogP contribution is 1.99. The molecule has 0 aliphatic carbocycles. The molecule has 0 saturated heterocycles. The first-order chi connectivity index (χ1) is 8.13. The van der Waals surface area contributed by atoms with Crippen molar-refractivity contribution >= 4 is 30.7 Å². The highest BCUT2D eigenvalue weighted by atomic mass is 35.5. The Morgan fingerprint density at radius 2 is 2.16 bits per heavy atom. The summed E-state index contributed by atoms with van der Waals surface area (Å²) in [6.45, 7) is 5.61. The second kappa shape index (κ2) is 11.1. The Morgan fingerprint density at radius 1 is 1.47 bits per heavy atom. The summed E-state index contributed by atoms with van der Waals surface area (Å²) in [4.78, 5) is 15.6. The van der Waals surface area contributed by atoms with Gasteiger partial charge in [0.05, 0.1) is 12.4 Å². The summed E-state index contributed by atoms with van der Waals surface area (Å²) in [6.07, 6.45) is 7.12. The van der Waals surface area contributed by atoms with E-state index in [4.69, 9.17) is 5.73 Å². The standard InChI is InChI=1S/C12H22N4O.2ClH/c1-3-4-11(13)12(17)15-7-10(2)8-16-6-5-14-9-16;;/h5-6,9-11H,3-4,7-8,13H2,1-2H3,(H,15,17);2*1H. The monoisotopic (exact) mass is 310 g/mol. The second-order valence-electron chi connectivity index (χ2n) is 4.50. The molecule has 0 aliphatic heterocycles. The number of nitrogens with two attached hydrogens (primary N) is 1. The minimum absolute atomic E-state index is 0. The lowest BCUT2D eigenvalue weighted by atomic mass is 10.1. The Morgan fingerprint density at radius 3 is 2.68 bits per heavy atom. The number of carbonyl (C=O) groups is 1. The van der Waals surface area contributed by atoms with E-state index in [1.807, 2.05) is 17.7 Å². The number of imidazole rings is 1. The van der Waals surface area contributed by atoms with Crippen LogP contribution in [0.3, 0.4) is 0 Å². The van der Waals surface area contributed by atoms with Crippen LogP contribution in [0.2, 0.25) is 0 Å². The fourth-order valence-corrected chi connectivity index (χ4v) is 1.67. The third kappa shape index (κ3) is 8.08. The lowest BCUT2D eigenvalue weighted by Crippen LogP contribution is -2.42. The van der Waals surface area contributed by atoms with E-state index < -0.39 is 0 Å².